The fourth-order valence-corrected chi connectivity index (χ4v) is 1.58. The number of hydrogen-bond donors (Lipinski definition) is 1. The molecule has 3 nitrogen and oxygen atoms in total. The Hall–Kier alpha value is -1.51. The quantitative estimate of drug-likeness (QED) is 0.771. The first kappa shape index (κ1) is 9.06. The van der Waals surface area contributed by atoms with Crippen molar-refractivity contribution in [1.82, 2.24) is 5.32 Å². The van der Waals surface area contributed by atoms with Crippen molar-refractivity contribution in [2.24, 2.45) is 0 Å². The van der Waals surface area contributed by atoms with E-state index in [1.165, 1.54) is 0 Å². The Kier molecular flexibility index (Phi) is 2.39. The molecule has 0 aliphatic carbocycles. The average Bonchev–Trinajstić information content (AvgIpc) is 2.62. The molecule has 1 heterocycles. The molecule has 1 N–H and O–H groups in total. The second-order valence-electron chi connectivity index (χ2n) is 3.32. The van der Waals surface area contributed by atoms with Gasteiger partial charge < -0.3 is 10.1 Å². The maximum Gasteiger partial charge on any atom is 0.220 e. The highest BCUT2D eigenvalue weighted by atomic mass is 16.5. The number of para-hydroxylation sites is 1. The third-order valence-electron chi connectivity index (χ3n) is 2.36. The van der Waals surface area contributed by atoms with E-state index < -0.39 is 0 Å². The van der Waals surface area contributed by atoms with Crippen LogP contribution in [0, 0.1) is 0 Å². The van der Waals surface area contributed by atoms with E-state index in [0.717, 1.165) is 11.3 Å². The van der Waals surface area contributed by atoms with E-state index in [0.29, 0.717) is 13.0 Å². The number of fused-ring (bicyclic) bond motifs is 1. The molecule has 14 heavy (non-hydrogen) atoms. The summed E-state index contributed by atoms with van der Waals surface area (Å²) < 4.78 is 5.44. The Labute approximate surface area is 83.1 Å². The summed E-state index contributed by atoms with van der Waals surface area (Å²) in [7, 11) is 0. The van der Waals surface area contributed by atoms with Gasteiger partial charge in [0.2, 0.25) is 5.91 Å². The van der Waals surface area contributed by atoms with Gasteiger partial charge in [0, 0.05) is 12.0 Å². The minimum atomic E-state index is 0.0265. The van der Waals surface area contributed by atoms with Crippen molar-refractivity contribution in [2.45, 2.75) is 19.4 Å². The molecule has 0 saturated carbocycles. The summed E-state index contributed by atoms with van der Waals surface area (Å²) in [6.07, 6.45) is 0.513. The highest BCUT2D eigenvalue weighted by Gasteiger charge is 2.24. The van der Waals surface area contributed by atoms with E-state index >= 15 is 0 Å². The van der Waals surface area contributed by atoms with Crippen molar-refractivity contribution < 1.29 is 9.53 Å². The van der Waals surface area contributed by atoms with Gasteiger partial charge in [0.1, 0.15) is 12.4 Å². The van der Waals surface area contributed by atoms with Gasteiger partial charge in [-0.15, -0.1) is 0 Å². The third kappa shape index (κ3) is 1.58. The van der Waals surface area contributed by atoms with Gasteiger partial charge in [0.05, 0.1) is 6.04 Å². The summed E-state index contributed by atoms with van der Waals surface area (Å²) in [5.41, 5.74) is 1.08. The lowest BCUT2D eigenvalue weighted by atomic mass is 10.1. The van der Waals surface area contributed by atoms with Crippen LogP contribution in [0.3, 0.4) is 0 Å². The van der Waals surface area contributed by atoms with Crippen LogP contribution in [0.2, 0.25) is 0 Å². The molecule has 0 saturated heterocycles. The second-order valence-corrected chi connectivity index (χ2v) is 3.32. The van der Waals surface area contributed by atoms with Gasteiger partial charge in [-0.2, -0.15) is 0 Å². The van der Waals surface area contributed by atoms with Crippen LogP contribution < -0.4 is 10.1 Å². The Morgan fingerprint density at radius 3 is 3.14 bits per heavy atom. The minimum Gasteiger partial charge on any atom is -0.491 e. The molecular weight excluding hydrogens is 178 g/mol. The topological polar surface area (TPSA) is 38.3 Å². The van der Waals surface area contributed by atoms with Crippen molar-refractivity contribution in [1.29, 1.82) is 0 Å². The van der Waals surface area contributed by atoms with E-state index in [9.17, 15) is 4.79 Å². The zero-order valence-electron chi connectivity index (χ0n) is 8.12. The molecule has 0 bridgehead atoms. The van der Waals surface area contributed by atoms with Crippen molar-refractivity contribution in [3.8, 4) is 5.75 Å². The monoisotopic (exact) mass is 191 g/mol. The van der Waals surface area contributed by atoms with Crippen LogP contribution in [0.4, 0.5) is 0 Å². The molecule has 0 radical (unpaired) electrons. The number of benzene rings is 1. The number of hydrogen-bond acceptors (Lipinski definition) is 2. The molecule has 1 aliphatic rings. The molecule has 1 amide bonds. The summed E-state index contributed by atoms with van der Waals surface area (Å²) >= 11 is 0. The van der Waals surface area contributed by atoms with Gasteiger partial charge in [-0.25, -0.2) is 0 Å². The zero-order chi connectivity index (χ0) is 9.97. The van der Waals surface area contributed by atoms with Crippen molar-refractivity contribution >= 4 is 5.91 Å². The van der Waals surface area contributed by atoms with Crippen LogP contribution in [0.1, 0.15) is 24.9 Å². The number of rotatable bonds is 2. The SMILES string of the molecule is CCC(=O)NC1COc2ccccc21. The van der Waals surface area contributed by atoms with Crippen LogP contribution in [0.5, 0.6) is 5.75 Å². The van der Waals surface area contributed by atoms with Gasteiger partial charge in [0.25, 0.3) is 0 Å². The number of ether oxygens (including phenoxy) is 1. The van der Waals surface area contributed by atoms with Crippen molar-refractivity contribution in [3.63, 3.8) is 0 Å². The van der Waals surface area contributed by atoms with Crippen LogP contribution in [0.25, 0.3) is 0 Å². The maximum absolute atomic E-state index is 11.2. The van der Waals surface area contributed by atoms with Gasteiger partial charge in [0.15, 0.2) is 0 Å². The van der Waals surface area contributed by atoms with Crippen LogP contribution in [-0.4, -0.2) is 12.5 Å². The average molecular weight is 191 g/mol. The summed E-state index contributed by atoms with van der Waals surface area (Å²) in [5.74, 6) is 0.948. The summed E-state index contributed by atoms with van der Waals surface area (Å²) in [5, 5.41) is 2.92. The van der Waals surface area contributed by atoms with Crippen molar-refractivity contribution in [2.75, 3.05) is 6.61 Å². The zero-order valence-corrected chi connectivity index (χ0v) is 8.12. The summed E-state index contributed by atoms with van der Waals surface area (Å²) in [6, 6.07) is 7.83. The Morgan fingerprint density at radius 1 is 1.57 bits per heavy atom. The summed E-state index contributed by atoms with van der Waals surface area (Å²) in [4.78, 5) is 11.2. The smallest absolute Gasteiger partial charge is 0.220 e. The summed E-state index contributed by atoms with van der Waals surface area (Å²) in [6.45, 7) is 2.39. The van der Waals surface area contributed by atoms with E-state index in [2.05, 4.69) is 5.32 Å². The fraction of sp³-hybridized carbons (Fsp3) is 0.364. The normalized spacial score (nSPS) is 18.5. The highest BCUT2D eigenvalue weighted by Crippen LogP contribution is 2.31. The fourth-order valence-electron chi connectivity index (χ4n) is 1.58. The van der Waals surface area contributed by atoms with E-state index in [1.807, 2.05) is 31.2 Å². The number of amides is 1. The van der Waals surface area contributed by atoms with Crippen LogP contribution >= 0.6 is 0 Å². The Bertz CT molecular complexity index is 349. The molecule has 2 rings (SSSR count). The van der Waals surface area contributed by atoms with Crippen LogP contribution in [-0.2, 0) is 4.79 Å². The largest absolute Gasteiger partial charge is 0.491 e. The predicted octanol–water partition coefficient (Wildman–Crippen LogP) is 1.65. The van der Waals surface area contributed by atoms with Crippen molar-refractivity contribution in [3.05, 3.63) is 29.8 Å². The van der Waals surface area contributed by atoms with E-state index in [-0.39, 0.29) is 11.9 Å². The van der Waals surface area contributed by atoms with Gasteiger partial charge in [-0.1, -0.05) is 25.1 Å². The van der Waals surface area contributed by atoms with E-state index in [4.69, 9.17) is 4.74 Å². The lowest BCUT2D eigenvalue weighted by molar-refractivity contribution is -0.121. The second kappa shape index (κ2) is 3.70. The lowest BCUT2D eigenvalue weighted by Crippen LogP contribution is -2.28. The first-order valence-electron chi connectivity index (χ1n) is 4.82. The molecule has 0 spiro atoms. The third-order valence-corrected chi connectivity index (χ3v) is 2.36. The highest BCUT2D eigenvalue weighted by molar-refractivity contribution is 5.76. The first-order chi connectivity index (χ1) is 6.81. The van der Waals surface area contributed by atoms with Gasteiger partial charge in [-0.05, 0) is 6.07 Å². The van der Waals surface area contributed by atoms with Gasteiger partial charge >= 0.3 is 0 Å². The molecule has 1 aliphatic heterocycles. The predicted molar refractivity (Wildman–Crippen MR) is 53.1 cm³/mol. The Balaban J connectivity index is 2.14. The first-order valence-corrected chi connectivity index (χ1v) is 4.82. The number of carbonyl (C=O) groups excluding carboxylic acids is 1. The molecular formula is C11H13NO2. The molecule has 74 valence electrons. The molecule has 1 unspecified atom stereocenters. The molecule has 0 aromatic heterocycles. The molecule has 1 aromatic carbocycles. The Morgan fingerprint density at radius 2 is 2.36 bits per heavy atom. The molecule has 3 heteroatoms. The van der Waals surface area contributed by atoms with E-state index in [1.54, 1.807) is 0 Å². The molecule has 1 atom stereocenters. The lowest BCUT2D eigenvalue weighted by Gasteiger charge is -2.10. The molecule has 1 aromatic rings. The maximum atomic E-state index is 11.2. The number of carbonyl (C=O) groups is 1. The van der Waals surface area contributed by atoms with Gasteiger partial charge in [-0.3, -0.25) is 4.79 Å². The molecule has 0 fully saturated rings. The number of nitrogens with one attached hydrogen (secondary N) is 1. The van der Waals surface area contributed by atoms with Crippen LogP contribution in [0.15, 0.2) is 24.3 Å². The minimum absolute atomic E-state index is 0.0265. The standard InChI is InChI=1S/C11H13NO2/c1-2-11(13)12-9-7-14-10-6-4-3-5-8(9)10/h3-6,9H,2,7H2,1H3,(H,12,13).